The lowest BCUT2D eigenvalue weighted by Crippen LogP contribution is -2.43. The highest BCUT2D eigenvalue weighted by atomic mass is 35.5. The Morgan fingerprint density at radius 3 is 2.58 bits per heavy atom. The number of hydrogen-bond acceptors (Lipinski definition) is 5. The van der Waals surface area contributed by atoms with Crippen molar-refractivity contribution in [2.24, 2.45) is 11.8 Å². The van der Waals surface area contributed by atoms with Crippen LogP contribution < -0.4 is 0 Å². The van der Waals surface area contributed by atoms with Gasteiger partial charge in [-0.1, -0.05) is 37.2 Å². The number of aromatic nitrogens is 4. The van der Waals surface area contributed by atoms with E-state index < -0.39 is 0 Å². The molecule has 2 aromatic rings. The zero-order valence-corrected chi connectivity index (χ0v) is 15.3. The van der Waals surface area contributed by atoms with E-state index in [1.807, 2.05) is 17.0 Å². The number of hydrogen-bond donors (Lipinski definition) is 0. The molecule has 1 saturated heterocycles. The summed E-state index contributed by atoms with van der Waals surface area (Å²) < 4.78 is 1.62. The van der Waals surface area contributed by atoms with Gasteiger partial charge in [0.25, 0.3) is 0 Å². The maximum atomic E-state index is 12.5. The van der Waals surface area contributed by atoms with Crippen molar-refractivity contribution >= 4 is 29.3 Å². The number of likely N-dealkylation sites (tertiary alicyclic amines) is 1. The number of benzene rings is 1. The van der Waals surface area contributed by atoms with Crippen molar-refractivity contribution in [1.29, 1.82) is 0 Å². The summed E-state index contributed by atoms with van der Waals surface area (Å²) in [5.41, 5.74) is 0.819. The second-order valence-corrected chi connectivity index (χ2v) is 7.76. The molecule has 8 heteroatoms. The molecule has 0 radical (unpaired) electrons. The summed E-state index contributed by atoms with van der Waals surface area (Å²) in [4.78, 5) is 14.4. The summed E-state index contributed by atoms with van der Waals surface area (Å²) in [7, 11) is 0. The Morgan fingerprint density at radius 1 is 1.25 bits per heavy atom. The molecule has 1 amide bonds. The van der Waals surface area contributed by atoms with Crippen molar-refractivity contribution in [2.45, 2.75) is 25.4 Å². The van der Waals surface area contributed by atoms with Crippen molar-refractivity contribution in [3.63, 3.8) is 0 Å². The predicted molar refractivity (Wildman–Crippen MR) is 94.4 cm³/mol. The van der Waals surface area contributed by atoms with Crippen LogP contribution in [0.5, 0.6) is 0 Å². The predicted octanol–water partition coefficient (Wildman–Crippen LogP) is 2.91. The van der Waals surface area contributed by atoms with Gasteiger partial charge in [0.1, 0.15) is 0 Å². The third kappa shape index (κ3) is 4.08. The molecule has 1 aliphatic rings. The van der Waals surface area contributed by atoms with Gasteiger partial charge in [-0.25, -0.2) is 0 Å². The zero-order chi connectivity index (χ0) is 17.1. The minimum absolute atomic E-state index is 0.143. The third-order valence-corrected chi connectivity index (χ3v) is 5.21. The lowest BCUT2D eigenvalue weighted by Gasteiger charge is -2.34. The van der Waals surface area contributed by atoms with E-state index in [2.05, 4.69) is 29.4 Å². The second kappa shape index (κ2) is 7.53. The summed E-state index contributed by atoms with van der Waals surface area (Å²) >= 11 is 7.27. The van der Waals surface area contributed by atoms with E-state index in [1.165, 1.54) is 18.2 Å². The van der Waals surface area contributed by atoms with Gasteiger partial charge in [-0.2, -0.15) is 4.68 Å². The summed E-state index contributed by atoms with van der Waals surface area (Å²) in [6, 6.07) is 7.26. The molecule has 0 spiro atoms. The number of nitrogens with zero attached hydrogens (tertiary/aromatic N) is 5. The Morgan fingerprint density at radius 2 is 1.92 bits per heavy atom. The molecule has 1 aromatic carbocycles. The molecule has 0 saturated carbocycles. The summed E-state index contributed by atoms with van der Waals surface area (Å²) in [6.07, 6.45) is 1.19. The number of piperidine rings is 1. The fourth-order valence-corrected chi connectivity index (χ4v) is 4.02. The van der Waals surface area contributed by atoms with Crippen LogP contribution in [0.25, 0.3) is 5.69 Å². The highest BCUT2D eigenvalue weighted by molar-refractivity contribution is 7.99. The SMILES string of the molecule is CC1CC(C)CN(C(=O)CSc2nnnn2-c2ccc(Cl)cc2)C1. The molecule has 0 N–H and O–H groups in total. The Bertz CT molecular complexity index is 695. The first-order chi connectivity index (χ1) is 11.5. The molecule has 24 heavy (non-hydrogen) atoms. The first-order valence-corrected chi connectivity index (χ1v) is 9.34. The number of tetrazole rings is 1. The molecule has 128 valence electrons. The van der Waals surface area contributed by atoms with Crippen LogP contribution in [0.1, 0.15) is 20.3 Å². The smallest absolute Gasteiger partial charge is 0.233 e. The minimum atomic E-state index is 0.143. The van der Waals surface area contributed by atoms with Gasteiger partial charge in [0, 0.05) is 18.1 Å². The van der Waals surface area contributed by atoms with Crippen LogP contribution in [0, 0.1) is 11.8 Å². The Kier molecular flexibility index (Phi) is 5.40. The molecule has 1 aromatic heterocycles. The number of rotatable bonds is 4. The topological polar surface area (TPSA) is 63.9 Å². The van der Waals surface area contributed by atoms with Crippen molar-refractivity contribution < 1.29 is 4.79 Å². The van der Waals surface area contributed by atoms with Gasteiger partial charge < -0.3 is 4.90 Å². The lowest BCUT2D eigenvalue weighted by atomic mass is 9.92. The van der Waals surface area contributed by atoms with Crippen molar-refractivity contribution in [1.82, 2.24) is 25.1 Å². The quantitative estimate of drug-likeness (QED) is 0.779. The monoisotopic (exact) mass is 365 g/mol. The Labute approximate surface area is 150 Å². The van der Waals surface area contributed by atoms with Gasteiger partial charge in [0.2, 0.25) is 11.1 Å². The van der Waals surface area contributed by atoms with E-state index >= 15 is 0 Å². The van der Waals surface area contributed by atoms with E-state index in [4.69, 9.17) is 11.6 Å². The van der Waals surface area contributed by atoms with Gasteiger partial charge >= 0.3 is 0 Å². The maximum Gasteiger partial charge on any atom is 0.233 e. The van der Waals surface area contributed by atoms with Gasteiger partial charge in [0.05, 0.1) is 11.4 Å². The van der Waals surface area contributed by atoms with Crippen molar-refractivity contribution in [3.05, 3.63) is 29.3 Å². The minimum Gasteiger partial charge on any atom is -0.341 e. The molecule has 1 aliphatic heterocycles. The van der Waals surface area contributed by atoms with Crippen LogP contribution in [0.2, 0.25) is 5.02 Å². The Balaban J connectivity index is 1.64. The molecule has 2 heterocycles. The number of carbonyl (C=O) groups excluding carboxylic acids is 1. The van der Waals surface area contributed by atoms with E-state index in [0.717, 1.165) is 18.8 Å². The number of halogens is 1. The molecular weight excluding hydrogens is 346 g/mol. The first-order valence-electron chi connectivity index (χ1n) is 7.98. The zero-order valence-electron chi connectivity index (χ0n) is 13.7. The molecule has 1 fully saturated rings. The van der Waals surface area contributed by atoms with Crippen LogP contribution >= 0.6 is 23.4 Å². The summed E-state index contributed by atoms with van der Waals surface area (Å²) in [6.45, 7) is 6.08. The van der Waals surface area contributed by atoms with Crippen molar-refractivity contribution in [2.75, 3.05) is 18.8 Å². The van der Waals surface area contributed by atoms with Crippen LogP contribution in [-0.2, 0) is 4.79 Å². The third-order valence-electron chi connectivity index (χ3n) is 4.06. The molecule has 3 rings (SSSR count). The van der Waals surface area contributed by atoms with Crippen LogP contribution in [0.15, 0.2) is 29.4 Å². The molecule has 2 unspecified atom stereocenters. The average molecular weight is 366 g/mol. The van der Waals surface area contributed by atoms with E-state index in [1.54, 1.807) is 16.8 Å². The highest BCUT2D eigenvalue weighted by Crippen LogP contribution is 2.24. The molecule has 0 aliphatic carbocycles. The maximum absolute atomic E-state index is 12.5. The molecule has 0 bridgehead atoms. The number of amides is 1. The summed E-state index contributed by atoms with van der Waals surface area (Å²) in [5, 5.41) is 13.0. The standard InChI is InChI=1S/C16H20ClN5OS/c1-11-7-12(2)9-21(8-11)15(23)10-24-16-18-19-20-22(16)14-5-3-13(17)4-6-14/h3-6,11-12H,7-10H2,1-2H3. The Hall–Kier alpha value is -1.60. The first kappa shape index (κ1) is 17.2. The molecule has 2 atom stereocenters. The van der Waals surface area contributed by atoms with Gasteiger partial charge in [0.15, 0.2) is 0 Å². The van der Waals surface area contributed by atoms with E-state index in [0.29, 0.717) is 27.8 Å². The average Bonchev–Trinajstić information content (AvgIpc) is 3.01. The van der Waals surface area contributed by atoms with E-state index in [-0.39, 0.29) is 5.91 Å². The second-order valence-electron chi connectivity index (χ2n) is 6.38. The fourth-order valence-electron chi connectivity index (χ4n) is 3.10. The van der Waals surface area contributed by atoms with E-state index in [9.17, 15) is 4.79 Å². The van der Waals surface area contributed by atoms with Crippen LogP contribution in [0.3, 0.4) is 0 Å². The highest BCUT2D eigenvalue weighted by Gasteiger charge is 2.25. The van der Waals surface area contributed by atoms with Gasteiger partial charge in [-0.15, -0.1) is 5.10 Å². The number of thioether (sulfide) groups is 1. The fraction of sp³-hybridized carbons (Fsp3) is 0.500. The normalized spacial score (nSPS) is 21.0. The number of carbonyl (C=O) groups is 1. The van der Waals surface area contributed by atoms with Crippen LogP contribution in [-0.4, -0.2) is 49.9 Å². The van der Waals surface area contributed by atoms with Gasteiger partial charge in [-0.3, -0.25) is 4.79 Å². The largest absolute Gasteiger partial charge is 0.341 e. The lowest BCUT2D eigenvalue weighted by molar-refractivity contribution is -0.130. The van der Waals surface area contributed by atoms with Gasteiger partial charge in [-0.05, 0) is 52.9 Å². The molecular formula is C16H20ClN5OS. The van der Waals surface area contributed by atoms with Crippen molar-refractivity contribution in [3.8, 4) is 5.69 Å². The van der Waals surface area contributed by atoms with Crippen LogP contribution in [0.4, 0.5) is 0 Å². The summed E-state index contributed by atoms with van der Waals surface area (Å²) in [5.74, 6) is 1.60. The molecule has 6 nitrogen and oxygen atoms in total.